The second kappa shape index (κ2) is 37.3. The Labute approximate surface area is 103 Å². The number of Topliss-reactive ketones (excluding diaryl/α,β-unsaturated/α-hetero) is 1. The van der Waals surface area contributed by atoms with Crippen LogP contribution in [0.1, 0.15) is 55.4 Å². The van der Waals surface area contributed by atoms with E-state index in [-0.39, 0.29) is 5.78 Å². The van der Waals surface area contributed by atoms with E-state index in [9.17, 15) is 4.79 Å². The molecule has 0 unspecified atom stereocenters. The highest BCUT2D eigenvalue weighted by Crippen LogP contribution is 1.57. The largest absolute Gasteiger partial charge is 0.300 e. The van der Waals surface area contributed by atoms with Gasteiger partial charge in [0, 0.05) is 0 Å². The van der Waals surface area contributed by atoms with Crippen molar-refractivity contribution in [2.24, 2.45) is 0 Å². The third-order valence-electron chi connectivity index (χ3n) is 0.917. The van der Waals surface area contributed by atoms with Gasteiger partial charge in [0.2, 0.25) is 0 Å². The molecule has 0 N–H and O–H groups in total. The Balaban J connectivity index is -0.0000000600. The van der Waals surface area contributed by atoms with Gasteiger partial charge in [-0.15, -0.1) is 11.8 Å². The Morgan fingerprint density at radius 2 is 0.875 bits per heavy atom. The highest BCUT2D eigenvalue weighted by molar-refractivity contribution is 5.72. The summed E-state index contributed by atoms with van der Waals surface area (Å²) in [5.41, 5.74) is 0. The van der Waals surface area contributed by atoms with Gasteiger partial charge in [-0.05, 0) is 55.4 Å². The van der Waals surface area contributed by atoms with Crippen molar-refractivity contribution in [3.05, 3.63) is 24.3 Å². The van der Waals surface area contributed by atoms with Gasteiger partial charge in [0.15, 0.2) is 0 Å². The molecule has 0 radical (unpaired) electrons. The van der Waals surface area contributed by atoms with Crippen LogP contribution in [-0.4, -0.2) is 5.78 Å². The lowest BCUT2D eigenvalue weighted by Crippen LogP contribution is -1.69. The van der Waals surface area contributed by atoms with Gasteiger partial charge in [-0.3, -0.25) is 0 Å². The predicted octanol–water partition coefficient (Wildman–Crippen LogP) is 4.79. The molecule has 0 aromatic carbocycles. The summed E-state index contributed by atoms with van der Waals surface area (Å²) in [6.45, 7) is 14.7. The topological polar surface area (TPSA) is 17.1 Å². The fourth-order valence-corrected chi connectivity index (χ4v) is 0. The molecule has 0 rings (SSSR count). The Morgan fingerprint density at radius 1 is 0.750 bits per heavy atom. The highest BCUT2D eigenvalue weighted by atomic mass is 16.1. The highest BCUT2D eigenvalue weighted by Gasteiger charge is 1.62. The van der Waals surface area contributed by atoms with Crippen molar-refractivity contribution in [1.82, 2.24) is 0 Å². The molecule has 16 heavy (non-hydrogen) atoms. The molecule has 0 saturated carbocycles. The first-order valence-corrected chi connectivity index (χ1v) is 5.43. The zero-order chi connectivity index (χ0) is 13.8. The molecule has 0 bridgehead atoms. The molecular formula is C15H28O. The van der Waals surface area contributed by atoms with E-state index in [0.29, 0.717) is 0 Å². The standard InChI is InChI=1S/2C4H8.C4H6.C3H6O/c3*1-3-4-2;1-3(2)4/h2*3-4H,1-2H3;2*1-2H3/b4-3+;4-3-;;. The van der Waals surface area contributed by atoms with Crippen molar-refractivity contribution in [2.75, 3.05) is 0 Å². The number of rotatable bonds is 0. The summed E-state index contributed by atoms with van der Waals surface area (Å²) >= 11 is 0. The monoisotopic (exact) mass is 224 g/mol. The van der Waals surface area contributed by atoms with Crippen molar-refractivity contribution in [3.8, 4) is 11.8 Å². The van der Waals surface area contributed by atoms with Crippen LogP contribution >= 0.6 is 0 Å². The molecule has 0 spiro atoms. The summed E-state index contributed by atoms with van der Waals surface area (Å²) in [6, 6.07) is 0. The number of ketones is 1. The van der Waals surface area contributed by atoms with E-state index in [1.54, 1.807) is 0 Å². The summed E-state index contributed by atoms with van der Waals surface area (Å²) in [5, 5.41) is 0. The van der Waals surface area contributed by atoms with Gasteiger partial charge in [-0.1, -0.05) is 24.3 Å². The lowest BCUT2D eigenvalue weighted by atomic mass is 10.6. The van der Waals surface area contributed by atoms with Crippen LogP contribution in [0.15, 0.2) is 24.3 Å². The van der Waals surface area contributed by atoms with Crippen LogP contribution in [0, 0.1) is 11.8 Å². The molecule has 94 valence electrons. The molecule has 0 aliphatic rings. The van der Waals surface area contributed by atoms with Crippen LogP contribution < -0.4 is 0 Å². The average molecular weight is 224 g/mol. The van der Waals surface area contributed by atoms with E-state index in [1.165, 1.54) is 13.8 Å². The van der Waals surface area contributed by atoms with E-state index in [2.05, 4.69) is 11.8 Å². The Hall–Kier alpha value is -1.29. The molecule has 0 heterocycles. The predicted molar refractivity (Wildman–Crippen MR) is 76.5 cm³/mol. The molecule has 0 aromatic rings. The third kappa shape index (κ3) is 596. The van der Waals surface area contributed by atoms with E-state index >= 15 is 0 Å². The summed E-state index contributed by atoms with van der Waals surface area (Å²) in [6.07, 6.45) is 8.00. The van der Waals surface area contributed by atoms with Crippen LogP contribution in [0.5, 0.6) is 0 Å². The van der Waals surface area contributed by atoms with Gasteiger partial charge in [-0.25, -0.2) is 0 Å². The zero-order valence-electron chi connectivity index (χ0n) is 12.2. The maximum Gasteiger partial charge on any atom is 0.126 e. The fraction of sp³-hybridized carbons (Fsp3) is 0.533. The van der Waals surface area contributed by atoms with Crippen molar-refractivity contribution < 1.29 is 4.79 Å². The molecule has 0 amide bonds. The quantitative estimate of drug-likeness (QED) is 0.427. The summed E-state index contributed by atoms with van der Waals surface area (Å²) in [7, 11) is 0. The molecular weight excluding hydrogens is 196 g/mol. The smallest absolute Gasteiger partial charge is 0.126 e. The number of hydrogen-bond donors (Lipinski definition) is 0. The Morgan fingerprint density at radius 3 is 0.875 bits per heavy atom. The van der Waals surface area contributed by atoms with Crippen molar-refractivity contribution >= 4 is 5.78 Å². The molecule has 0 aliphatic carbocycles. The van der Waals surface area contributed by atoms with Crippen molar-refractivity contribution in [2.45, 2.75) is 55.4 Å². The maximum atomic E-state index is 9.44. The molecule has 0 fully saturated rings. The van der Waals surface area contributed by atoms with Gasteiger partial charge in [0.05, 0.1) is 0 Å². The van der Waals surface area contributed by atoms with Gasteiger partial charge >= 0.3 is 0 Å². The summed E-state index contributed by atoms with van der Waals surface area (Å²) in [4.78, 5) is 9.44. The van der Waals surface area contributed by atoms with Gasteiger partial charge in [-0.2, -0.15) is 0 Å². The second-order valence-corrected chi connectivity index (χ2v) is 2.74. The van der Waals surface area contributed by atoms with Crippen molar-refractivity contribution in [1.29, 1.82) is 0 Å². The minimum Gasteiger partial charge on any atom is -0.300 e. The molecule has 0 atom stereocenters. The fourth-order valence-electron chi connectivity index (χ4n) is 0. The van der Waals surface area contributed by atoms with E-state index in [4.69, 9.17) is 0 Å². The lowest BCUT2D eigenvalue weighted by Gasteiger charge is -1.56. The molecule has 0 saturated heterocycles. The number of carbonyl (C=O) groups is 1. The second-order valence-electron chi connectivity index (χ2n) is 2.74. The number of allylic oxidation sites excluding steroid dienone is 4. The van der Waals surface area contributed by atoms with Gasteiger partial charge < -0.3 is 4.79 Å². The lowest BCUT2D eigenvalue weighted by molar-refractivity contribution is -0.114. The first-order valence-electron chi connectivity index (χ1n) is 5.43. The normalized spacial score (nSPS) is 7.25. The first kappa shape index (κ1) is 24.1. The van der Waals surface area contributed by atoms with Crippen LogP contribution in [0.2, 0.25) is 0 Å². The van der Waals surface area contributed by atoms with Gasteiger partial charge in [0.25, 0.3) is 0 Å². The number of carbonyl (C=O) groups excluding carboxylic acids is 1. The zero-order valence-corrected chi connectivity index (χ0v) is 12.2. The SMILES string of the molecule is C/C=C/C.C/C=C\C.CC#CC.CC(C)=O. The summed E-state index contributed by atoms with van der Waals surface area (Å²) < 4.78 is 0. The molecule has 1 heteroatoms. The first-order chi connectivity index (χ1) is 7.47. The molecule has 0 aromatic heterocycles. The van der Waals surface area contributed by atoms with E-state index in [1.807, 2.05) is 65.8 Å². The summed E-state index contributed by atoms with van der Waals surface area (Å²) in [5.74, 6) is 5.53. The van der Waals surface area contributed by atoms with Crippen molar-refractivity contribution in [3.63, 3.8) is 0 Å². The van der Waals surface area contributed by atoms with Crippen LogP contribution in [0.25, 0.3) is 0 Å². The molecule has 1 nitrogen and oxygen atoms in total. The minimum absolute atomic E-state index is 0.167. The van der Waals surface area contributed by atoms with E-state index in [0.717, 1.165) is 0 Å². The third-order valence-corrected chi connectivity index (χ3v) is 0.917. The van der Waals surface area contributed by atoms with E-state index < -0.39 is 0 Å². The van der Waals surface area contributed by atoms with Crippen LogP contribution in [-0.2, 0) is 4.79 Å². The Bertz CT molecular complexity index is 183. The average Bonchev–Trinajstić information content (AvgIpc) is 2.28. The molecule has 0 aliphatic heterocycles. The Kier molecular flexibility index (Phi) is 56.1. The van der Waals surface area contributed by atoms with Crippen LogP contribution in [0.4, 0.5) is 0 Å². The minimum atomic E-state index is 0.167. The number of hydrogen-bond acceptors (Lipinski definition) is 1. The van der Waals surface area contributed by atoms with Gasteiger partial charge in [0.1, 0.15) is 5.78 Å². The van der Waals surface area contributed by atoms with Crippen LogP contribution in [0.3, 0.4) is 0 Å². The maximum absolute atomic E-state index is 9.44.